The summed E-state index contributed by atoms with van der Waals surface area (Å²) in [6, 6.07) is 24.2. The van der Waals surface area contributed by atoms with Gasteiger partial charge in [-0.25, -0.2) is 4.98 Å². The molecule has 13 nitrogen and oxygen atoms in total. The number of aryl methyl sites for hydroxylation is 1. The van der Waals surface area contributed by atoms with E-state index < -0.39 is 23.8 Å². The van der Waals surface area contributed by atoms with Crippen molar-refractivity contribution in [2.75, 3.05) is 24.6 Å². The molecule has 3 aliphatic heterocycles. The van der Waals surface area contributed by atoms with Crippen molar-refractivity contribution in [2.45, 2.75) is 62.9 Å². The van der Waals surface area contributed by atoms with Crippen molar-refractivity contribution in [3.05, 3.63) is 126 Å². The Morgan fingerprint density at radius 3 is 2.46 bits per heavy atom. The van der Waals surface area contributed by atoms with Crippen LogP contribution in [0.15, 0.2) is 104 Å². The van der Waals surface area contributed by atoms with Gasteiger partial charge in [0, 0.05) is 90.7 Å². The van der Waals surface area contributed by atoms with E-state index in [0.29, 0.717) is 35.7 Å². The lowest BCUT2D eigenvalue weighted by Crippen LogP contribution is -2.51. The summed E-state index contributed by atoms with van der Waals surface area (Å²) < 4.78 is 20.7. The second-order valence-corrected chi connectivity index (χ2v) is 16.5. The zero-order chi connectivity index (χ0) is 43.2. The predicted molar refractivity (Wildman–Crippen MR) is 236 cm³/mol. The number of piperidine rings is 2. The van der Waals surface area contributed by atoms with Gasteiger partial charge in [0.15, 0.2) is 0 Å². The van der Waals surface area contributed by atoms with Crippen LogP contribution in [0.3, 0.4) is 0 Å². The van der Waals surface area contributed by atoms with Gasteiger partial charge >= 0.3 is 0 Å². The van der Waals surface area contributed by atoms with Crippen LogP contribution in [0.1, 0.15) is 70.4 Å². The number of carbonyl (C=O) groups excluding carboxylic acids is 3. The number of nitrogens with one attached hydrogen (secondary N) is 1. The largest absolute Gasteiger partial charge is 0.481 e. The molecule has 1 unspecified atom stereocenters. The van der Waals surface area contributed by atoms with E-state index in [0.717, 1.165) is 82.5 Å². The third-order valence-electron chi connectivity index (χ3n) is 12.6. The number of carbonyl (C=O) groups is 3. The third-order valence-corrected chi connectivity index (χ3v) is 12.6. The number of allylic oxidation sites excluding steroid dienone is 1. The Labute approximate surface area is 363 Å². The van der Waals surface area contributed by atoms with Crippen molar-refractivity contribution < 1.29 is 28.6 Å². The summed E-state index contributed by atoms with van der Waals surface area (Å²) in [6.07, 6.45) is 10.1. The number of aromatic nitrogens is 3. The quantitative estimate of drug-likeness (QED) is 0.118. The molecule has 1 saturated carbocycles. The van der Waals surface area contributed by atoms with Gasteiger partial charge in [0.25, 0.3) is 11.8 Å². The molecule has 63 heavy (non-hydrogen) atoms. The standard InChI is InChI=1S/C50H43N7O6/c1-30-5-13-44(48(58)54-30)57-49(59)40-12-10-36(26-41(40)50(57)60)61-21-3-4-31-6-7-33(27-51)45(22-31)56-19-16-35(17-20-56)62-37-24-38(25-37)63-47-14-9-34(28-53-47)32-8-11-39-42-29-52-18-15-43(42)55(2)46(39)23-32/h6-12,14-15,18,22-23,26,28-29,35,37-38,44H,1,5,13,16-17,19-21,24-25H2,2H3,(H,54,58). The predicted octanol–water partition coefficient (Wildman–Crippen LogP) is 7.07. The number of rotatable bonds is 9. The van der Waals surface area contributed by atoms with Gasteiger partial charge in [-0.05, 0) is 85.8 Å². The van der Waals surface area contributed by atoms with E-state index in [-0.39, 0.29) is 36.0 Å². The lowest BCUT2D eigenvalue weighted by atomic mass is 9.91. The number of imide groups is 1. The smallest absolute Gasteiger partial charge is 0.262 e. The number of pyridine rings is 2. The molecule has 10 rings (SSSR count). The van der Waals surface area contributed by atoms with Gasteiger partial charge in [-0.1, -0.05) is 30.6 Å². The maximum Gasteiger partial charge on any atom is 0.262 e. The highest BCUT2D eigenvalue weighted by Gasteiger charge is 2.44. The van der Waals surface area contributed by atoms with Crippen LogP contribution in [0.2, 0.25) is 0 Å². The molecule has 6 heterocycles. The summed E-state index contributed by atoms with van der Waals surface area (Å²) in [5.74, 6) is 5.72. The maximum atomic E-state index is 13.2. The number of nitrogens with zero attached hydrogens (tertiary/aromatic N) is 6. The van der Waals surface area contributed by atoms with Crippen LogP contribution >= 0.6 is 0 Å². The number of amides is 3. The minimum Gasteiger partial charge on any atom is -0.481 e. The second kappa shape index (κ2) is 16.4. The average Bonchev–Trinajstić information content (AvgIpc) is 3.72. The molecule has 4 aliphatic rings. The summed E-state index contributed by atoms with van der Waals surface area (Å²) in [5.41, 5.74) is 7.61. The van der Waals surface area contributed by atoms with E-state index >= 15 is 0 Å². The molecule has 0 radical (unpaired) electrons. The first-order valence-corrected chi connectivity index (χ1v) is 21.2. The van der Waals surface area contributed by atoms with Crippen LogP contribution < -0.4 is 19.7 Å². The fourth-order valence-corrected chi connectivity index (χ4v) is 9.10. The Bertz CT molecular complexity index is 2950. The zero-order valence-corrected chi connectivity index (χ0v) is 34.7. The first-order valence-electron chi connectivity index (χ1n) is 21.2. The molecule has 1 aliphatic carbocycles. The van der Waals surface area contributed by atoms with E-state index in [9.17, 15) is 19.6 Å². The average molecular weight is 838 g/mol. The molecule has 1 N–H and O–H groups in total. The number of fused-ring (bicyclic) bond motifs is 4. The van der Waals surface area contributed by atoms with Gasteiger partial charge in [-0.2, -0.15) is 5.26 Å². The van der Waals surface area contributed by atoms with Crippen LogP contribution in [0.5, 0.6) is 11.6 Å². The van der Waals surface area contributed by atoms with Crippen molar-refractivity contribution in [1.82, 2.24) is 24.8 Å². The highest BCUT2D eigenvalue weighted by molar-refractivity contribution is 6.23. The molecule has 13 heteroatoms. The number of nitriles is 1. The molecule has 0 spiro atoms. The van der Waals surface area contributed by atoms with Gasteiger partial charge in [0.05, 0.1) is 40.1 Å². The topological polar surface area (TPSA) is 152 Å². The number of anilines is 1. The third kappa shape index (κ3) is 7.62. The van der Waals surface area contributed by atoms with Crippen molar-refractivity contribution >= 4 is 45.2 Å². The number of ether oxygens (including phenoxy) is 3. The lowest BCUT2D eigenvalue weighted by Gasteiger charge is -2.40. The molecular weight excluding hydrogens is 795 g/mol. The van der Waals surface area contributed by atoms with Crippen LogP contribution in [0.25, 0.3) is 32.9 Å². The molecule has 3 fully saturated rings. The van der Waals surface area contributed by atoms with Crippen molar-refractivity contribution in [2.24, 2.45) is 7.05 Å². The fourth-order valence-electron chi connectivity index (χ4n) is 9.10. The minimum absolute atomic E-state index is 0.0360. The molecule has 6 aromatic rings. The normalized spacial score (nSPS) is 19.9. The Kier molecular flexibility index (Phi) is 10.3. The Morgan fingerprint density at radius 1 is 0.841 bits per heavy atom. The van der Waals surface area contributed by atoms with Crippen LogP contribution in [-0.4, -0.2) is 81.2 Å². The molecule has 3 amide bonds. The summed E-state index contributed by atoms with van der Waals surface area (Å²) in [4.78, 5) is 51.0. The Balaban J connectivity index is 0.688. The van der Waals surface area contributed by atoms with Gasteiger partial charge in [-0.15, -0.1) is 0 Å². The monoisotopic (exact) mass is 837 g/mol. The van der Waals surface area contributed by atoms with Crippen molar-refractivity contribution in [3.63, 3.8) is 0 Å². The number of benzene rings is 3. The summed E-state index contributed by atoms with van der Waals surface area (Å²) in [7, 11) is 2.08. The highest BCUT2D eigenvalue weighted by Crippen LogP contribution is 2.35. The SMILES string of the molecule is C=C1CCC(N2C(=O)c3ccc(OCC#Cc4ccc(C#N)c(N5CCC(OC6CC(Oc7ccc(-c8ccc9c%10cnccc%10n(C)c9c8)cn7)C6)CC5)c4)cc3C2=O)C(=O)N1. The van der Waals surface area contributed by atoms with Crippen molar-refractivity contribution in [3.8, 4) is 40.7 Å². The first kappa shape index (κ1) is 39.6. The molecule has 314 valence electrons. The van der Waals surface area contributed by atoms with Gasteiger partial charge in [0.1, 0.15) is 30.6 Å². The Hall–Kier alpha value is -7.48. The van der Waals surface area contributed by atoms with Crippen molar-refractivity contribution in [1.29, 1.82) is 5.26 Å². The van der Waals surface area contributed by atoms with Crippen LogP contribution in [0.4, 0.5) is 5.69 Å². The second-order valence-electron chi connectivity index (χ2n) is 16.5. The molecule has 3 aromatic carbocycles. The lowest BCUT2D eigenvalue weighted by molar-refractivity contribution is -0.125. The van der Waals surface area contributed by atoms with Crippen LogP contribution in [0, 0.1) is 23.2 Å². The van der Waals surface area contributed by atoms with E-state index in [1.165, 1.54) is 11.5 Å². The van der Waals surface area contributed by atoms with E-state index in [1.807, 2.05) is 42.9 Å². The fraction of sp³-hybridized carbons (Fsp3) is 0.280. The Morgan fingerprint density at radius 2 is 1.67 bits per heavy atom. The van der Waals surface area contributed by atoms with Crippen LogP contribution in [-0.2, 0) is 16.6 Å². The van der Waals surface area contributed by atoms with E-state index in [1.54, 1.807) is 18.2 Å². The van der Waals surface area contributed by atoms with Gasteiger partial charge in [-0.3, -0.25) is 24.3 Å². The van der Waals surface area contributed by atoms with E-state index in [4.69, 9.17) is 14.2 Å². The number of hydrogen-bond acceptors (Lipinski definition) is 10. The van der Waals surface area contributed by atoms with Gasteiger partial charge in [0.2, 0.25) is 11.8 Å². The van der Waals surface area contributed by atoms with E-state index in [2.05, 4.69) is 80.6 Å². The maximum absolute atomic E-state index is 13.2. The molecular formula is C50H43N7O6. The molecule has 0 bridgehead atoms. The highest BCUT2D eigenvalue weighted by atomic mass is 16.5. The summed E-state index contributed by atoms with van der Waals surface area (Å²) >= 11 is 0. The molecule has 3 aromatic heterocycles. The first-order chi connectivity index (χ1) is 30.7. The molecule has 2 saturated heterocycles. The zero-order valence-electron chi connectivity index (χ0n) is 34.7. The molecule has 1 atom stereocenters. The van der Waals surface area contributed by atoms with Gasteiger partial charge < -0.3 is 29.0 Å². The summed E-state index contributed by atoms with van der Waals surface area (Å²) in [5, 5.41) is 14.9. The minimum atomic E-state index is -0.880. The number of hydrogen-bond donors (Lipinski definition) is 1. The summed E-state index contributed by atoms with van der Waals surface area (Å²) in [6.45, 7) is 5.31.